The summed E-state index contributed by atoms with van der Waals surface area (Å²) in [6.07, 6.45) is 0. The van der Waals surface area contributed by atoms with E-state index >= 15 is 0 Å². The Morgan fingerprint density at radius 1 is 1.53 bits per heavy atom. The van der Waals surface area contributed by atoms with Gasteiger partial charge in [0, 0.05) is 10.2 Å². The van der Waals surface area contributed by atoms with E-state index in [1.54, 1.807) is 6.92 Å². The molecule has 0 heterocycles. The third-order valence-corrected chi connectivity index (χ3v) is 2.96. The zero-order valence-corrected chi connectivity index (χ0v) is 10.6. The minimum Gasteiger partial charge on any atom is -0.467 e. The first-order valence-corrected chi connectivity index (χ1v) is 5.44. The molecule has 0 fully saturated rings. The molecule has 0 aliphatic heterocycles. The minimum absolute atomic E-state index is 0.272. The van der Waals surface area contributed by atoms with Crippen LogP contribution in [-0.2, 0) is 9.53 Å². The van der Waals surface area contributed by atoms with Crippen molar-refractivity contribution in [3.63, 3.8) is 0 Å². The molecule has 1 atom stereocenters. The summed E-state index contributed by atoms with van der Waals surface area (Å²) in [6, 6.07) is 5.51. The first-order chi connectivity index (χ1) is 7.04. The number of carbonyl (C=O) groups excluding carboxylic acids is 1. The van der Waals surface area contributed by atoms with Crippen molar-refractivity contribution in [2.45, 2.75) is 19.9 Å². The lowest BCUT2D eigenvalue weighted by Gasteiger charge is -2.13. The first-order valence-electron chi connectivity index (χ1n) is 4.65. The van der Waals surface area contributed by atoms with Crippen molar-refractivity contribution < 1.29 is 9.53 Å². The van der Waals surface area contributed by atoms with Crippen molar-refractivity contribution in [3.8, 4) is 0 Å². The van der Waals surface area contributed by atoms with E-state index in [9.17, 15) is 4.79 Å². The third-order valence-electron chi connectivity index (χ3n) is 2.11. The van der Waals surface area contributed by atoms with E-state index < -0.39 is 0 Å². The number of esters is 1. The van der Waals surface area contributed by atoms with Gasteiger partial charge in [-0.05, 0) is 31.5 Å². The fourth-order valence-corrected chi connectivity index (χ4v) is 1.55. The standard InChI is InChI=1S/C11H14BrNO2/c1-7-4-5-9(6-10(7)12)13-8(2)11(14)15-3/h4-6,8,13H,1-3H3. The molecule has 1 aromatic carbocycles. The van der Waals surface area contributed by atoms with Gasteiger partial charge in [-0.15, -0.1) is 0 Å². The Kier molecular flexibility index (Phi) is 4.15. The van der Waals surface area contributed by atoms with E-state index in [1.165, 1.54) is 7.11 Å². The number of nitrogens with one attached hydrogen (secondary N) is 1. The number of benzene rings is 1. The van der Waals surface area contributed by atoms with Gasteiger partial charge in [0.2, 0.25) is 0 Å². The summed E-state index contributed by atoms with van der Waals surface area (Å²) in [7, 11) is 1.38. The highest BCUT2D eigenvalue weighted by molar-refractivity contribution is 9.10. The maximum absolute atomic E-state index is 11.2. The van der Waals surface area contributed by atoms with Crippen LogP contribution in [0.4, 0.5) is 5.69 Å². The molecule has 0 aromatic heterocycles. The molecule has 3 nitrogen and oxygen atoms in total. The zero-order valence-electron chi connectivity index (χ0n) is 9.00. The molecule has 0 aliphatic carbocycles. The Bertz CT molecular complexity index is 366. The number of methoxy groups -OCH3 is 1. The van der Waals surface area contributed by atoms with Crippen molar-refractivity contribution in [1.29, 1.82) is 0 Å². The topological polar surface area (TPSA) is 38.3 Å². The Balaban J connectivity index is 2.73. The van der Waals surface area contributed by atoms with Crippen LogP contribution in [0.2, 0.25) is 0 Å². The number of hydrogen-bond acceptors (Lipinski definition) is 3. The predicted molar refractivity (Wildman–Crippen MR) is 64.0 cm³/mol. The van der Waals surface area contributed by atoms with Gasteiger partial charge >= 0.3 is 5.97 Å². The summed E-state index contributed by atoms with van der Waals surface area (Å²) in [5, 5.41) is 3.06. The van der Waals surface area contributed by atoms with Crippen molar-refractivity contribution >= 4 is 27.6 Å². The molecule has 0 spiro atoms. The summed E-state index contributed by atoms with van der Waals surface area (Å²) in [5.74, 6) is -0.272. The molecule has 4 heteroatoms. The molecule has 1 N–H and O–H groups in total. The van der Waals surface area contributed by atoms with E-state index in [-0.39, 0.29) is 12.0 Å². The largest absolute Gasteiger partial charge is 0.467 e. The minimum atomic E-state index is -0.343. The lowest BCUT2D eigenvalue weighted by Crippen LogP contribution is -2.27. The number of halogens is 1. The molecule has 82 valence electrons. The molecule has 1 unspecified atom stereocenters. The molecular weight excluding hydrogens is 258 g/mol. The van der Waals surface area contributed by atoms with Gasteiger partial charge in [-0.2, -0.15) is 0 Å². The quantitative estimate of drug-likeness (QED) is 0.860. The van der Waals surface area contributed by atoms with Gasteiger partial charge in [-0.25, -0.2) is 4.79 Å². The second-order valence-electron chi connectivity index (χ2n) is 3.35. The summed E-state index contributed by atoms with van der Waals surface area (Å²) in [5.41, 5.74) is 2.05. The van der Waals surface area contributed by atoms with Gasteiger partial charge in [0.1, 0.15) is 6.04 Å². The van der Waals surface area contributed by atoms with Gasteiger partial charge < -0.3 is 10.1 Å². The van der Waals surface area contributed by atoms with Crippen molar-refractivity contribution in [1.82, 2.24) is 0 Å². The number of ether oxygens (including phenoxy) is 1. The SMILES string of the molecule is COC(=O)C(C)Nc1ccc(C)c(Br)c1. The third kappa shape index (κ3) is 3.23. The summed E-state index contributed by atoms with van der Waals surface area (Å²) in [6.45, 7) is 3.77. The van der Waals surface area contributed by atoms with E-state index in [0.29, 0.717) is 0 Å². The molecule has 0 amide bonds. The lowest BCUT2D eigenvalue weighted by atomic mass is 10.2. The molecule has 15 heavy (non-hydrogen) atoms. The van der Waals surface area contributed by atoms with Crippen LogP contribution >= 0.6 is 15.9 Å². The Hall–Kier alpha value is -1.03. The van der Waals surface area contributed by atoms with Gasteiger partial charge in [0.25, 0.3) is 0 Å². The van der Waals surface area contributed by atoms with Crippen LogP contribution in [0.3, 0.4) is 0 Å². The van der Waals surface area contributed by atoms with Gasteiger partial charge in [0.05, 0.1) is 7.11 Å². The fraction of sp³-hybridized carbons (Fsp3) is 0.364. The molecule has 0 radical (unpaired) electrons. The summed E-state index contributed by atoms with van der Waals surface area (Å²) < 4.78 is 5.64. The molecule has 0 saturated heterocycles. The van der Waals surface area contributed by atoms with Gasteiger partial charge in [0.15, 0.2) is 0 Å². The average Bonchev–Trinajstić information content (AvgIpc) is 2.22. The highest BCUT2D eigenvalue weighted by Crippen LogP contribution is 2.21. The van der Waals surface area contributed by atoms with E-state index in [1.807, 2.05) is 25.1 Å². The highest BCUT2D eigenvalue weighted by Gasteiger charge is 2.12. The zero-order chi connectivity index (χ0) is 11.4. The van der Waals surface area contributed by atoms with E-state index in [2.05, 4.69) is 26.0 Å². The van der Waals surface area contributed by atoms with Gasteiger partial charge in [-0.1, -0.05) is 22.0 Å². The van der Waals surface area contributed by atoms with Crippen LogP contribution in [0.25, 0.3) is 0 Å². The summed E-state index contributed by atoms with van der Waals surface area (Å²) >= 11 is 3.43. The monoisotopic (exact) mass is 271 g/mol. The molecule has 1 aromatic rings. The first kappa shape index (κ1) is 12.0. The average molecular weight is 272 g/mol. The van der Waals surface area contributed by atoms with E-state index in [4.69, 9.17) is 0 Å². The molecule has 0 saturated carbocycles. The molecule has 1 rings (SSSR count). The van der Waals surface area contributed by atoms with Crippen LogP contribution in [0.15, 0.2) is 22.7 Å². The number of anilines is 1. The molecular formula is C11H14BrNO2. The Labute approximate surface area is 97.9 Å². The Morgan fingerprint density at radius 3 is 2.73 bits per heavy atom. The predicted octanol–water partition coefficient (Wildman–Crippen LogP) is 2.73. The second kappa shape index (κ2) is 5.16. The van der Waals surface area contributed by atoms with Crippen LogP contribution in [-0.4, -0.2) is 19.1 Å². The summed E-state index contributed by atoms with van der Waals surface area (Å²) in [4.78, 5) is 11.2. The fourth-order valence-electron chi connectivity index (χ4n) is 1.17. The van der Waals surface area contributed by atoms with Crippen LogP contribution in [0, 0.1) is 6.92 Å². The lowest BCUT2D eigenvalue weighted by molar-refractivity contribution is -0.141. The molecule has 0 bridgehead atoms. The van der Waals surface area contributed by atoms with Crippen molar-refractivity contribution in [2.24, 2.45) is 0 Å². The maximum Gasteiger partial charge on any atom is 0.327 e. The van der Waals surface area contributed by atoms with Crippen LogP contribution in [0.5, 0.6) is 0 Å². The van der Waals surface area contributed by atoms with Gasteiger partial charge in [-0.3, -0.25) is 0 Å². The number of carbonyl (C=O) groups is 1. The smallest absolute Gasteiger partial charge is 0.327 e. The maximum atomic E-state index is 11.2. The van der Waals surface area contributed by atoms with Crippen molar-refractivity contribution in [3.05, 3.63) is 28.2 Å². The normalized spacial score (nSPS) is 12.0. The Morgan fingerprint density at radius 2 is 2.20 bits per heavy atom. The van der Waals surface area contributed by atoms with Crippen LogP contribution in [0.1, 0.15) is 12.5 Å². The molecule has 0 aliphatic rings. The number of hydrogen-bond donors (Lipinski definition) is 1. The second-order valence-corrected chi connectivity index (χ2v) is 4.21. The van der Waals surface area contributed by atoms with Crippen LogP contribution < -0.4 is 5.32 Å². The number of aryl methyl sites for hydroxylation is 1. The van der Waals surface area contributed by atoms with E-state index in [0.717, 1.165) is 15.7 Å². The number of rotatable bonds is 3. The van der Waals surface area contributed by atoms with Crippen molar-refractivity contribution in [2.75, 3.05) is 12.4 Å². The highest BCUT2D eigenvalue weighted by atomic mass is 79.9.